The van der Waals surface area contributed by atoms with Crippen molar-refractivity contribution in [2.45, 2.75) is 44.4 Å². The quantitative estimate of drug-likeness (QED) is 0.519. The van der Waals surface area contributed by atoms with Crippen molar-refractivity contribution in [2.75, 3.05) is 26.7 Å². The number of aromatic nitrogens is 1. The molecule has 1 aliphatic rings. The Morgan fingerprint density at radius 1 is 1.11 bits per heavy atom. The van der Waals surface area contributed by atoms with Crippen LogP contribution in [0.15, 0.2) is 71.9 Å². The molecule has 0 aliphatic carbocycles. The van der Waals surface area contributed by atoms with Crippen LogP contribution in [0.1, 0.15) is 25.0 Å². The highest BCUT2D eigenvalue weighted by atomic mass is 32.2. The Labute approximate surface area is 214 Å². The molecule has 0 radical (unpaired) electrons. The molecule has 0 amide bonds. The number of hydrogen-bond acceptors (Lipinski definition) is 6. The van der Waals surface area contributed by atoms with E-state index >= 15 is 0 Å². The highest BCUT2D eigenvalue weighted by Gasteiger charge is 2.38. The van der Waals surface area contributed by atoms with Crippen molar-refractivity contribution < 1.29 is 18.3 Å². The van der Waals surface area contributed by atoms with E-state index in [0.29, 0.717) is 12.3 Å². The standard InChI is InChI=1S/C28H35N3O4S/c1-20-5-7-24(8-6-20)25-9-10-28-26(15-25)35-27(18-30(4)17-23-11-13-29-14-12-23)21(2)16-31(22(3)19-32)36(28,33)34/h5-15,21-22,27,32H,16-19H2,1-4H3/t21-,22+,27+/m0/s1. The van der Waals surface area contributed by atoms with Gasteiger partial charge in [0.15, 0.2) is 0 Å². The number of benzene rings is 2. The van der Waals surface area contributed by atoms with Crippen molar-refractivity contribution in [3.63, 3.8) is 0 Å². The molecule has 192 valence electrons. The van der Waals surface area contributed by atoms with E-state index in [9.17, 15) is 13.5 Å². The van der Waals surface area contributed by atoms with Crippen molar-refractivity contribution in [2.24, 2.45) is 5.92 Å². The van der Waals surface area contributed by atoms with Crippen molar-refractivity contribution in [1.29, 1.82) is 0 Å². The fourth-order valence-electron chi connectivity index (χ4n) is 4.54. The van der Waals surface area contributed by atoms with Crippen LogP contribution < -0.4 is 4.74 Å². The van der Waals surface area contributed by atoms with Crippen LogP contribution in [0.2, 0.25) is 0 Å². The number of sulfonamides is 1. The highest BCUT2D eigenvalue weighted by Crippen LogP contribution is 2.36. The Hall–Kier alpha value is -2.78. The molecule has 1 aromatic heterocycles. The molecule has 3 aromatic rings. The maximum Gasteiger partial charge on any atom is 0.247 e. The Morgan fingerprint density at radius 3 is 2.44 bits per heavy atom. The second-order valence-corrected chi connectivity index (χ2v) is 11.7. The van der Waals surface area contributed by atoms with E-state index in [1.807, 2.05) is 69.4 Å². The van der Waals surface area contributed by atoms with Crippen LogP contribution in [0, 0.1) is 12.8 Å². The van der Waals surface area contributed by atoms with Gasteiger partial charge in [-0.3, -0.25) is 9.88 Å². The smallest absolute Gasteiger partial charge is 0.247 e. The van der Waals surface area contributed by atoms with Crippen molar-refractivity contribution in [3.05, 3.63) is 78.1 Å². The molecule has 7 nitrogen and oxygen atoms in total. The van der Waals surface area contributed by atoms with Gasteiger partial charge >= 0.3 is 0 Å². The summed E-state index contributed by atoms with van der Waals surface area (Å²) in [5, 5.41) is 9.86. The van der Waals surface area contributed by atoms with Gasteiger partial charge in [-0.1, -0.05) is 42.8 Å². The third-order valence-electron chi connectivity index (χ3n) is 6.75. The number of aliphatic hydroxyl groups is 1. The lowest BCUT2D eigenvalue weighted by Crippen LogP contribution is -2.49. The van der Waals surface area contributed by atoms with Gasteiger partial charge in [0.1, 0.15) is 16.7 Å². The van der Waals surface area contributed by atoms with Crippen LogP contribution in [-0.2, 0) is 16.6 Å². The molecule has 1 N–H and O–H groups in total. The molecule has 0 saturated heterocycles. The first kappa shape index (κ1) is 26.3. The second kappa shape index (κ2) is 11.1. The summed E-state index contributed by atoms with van der Waals surface area (Å²) in [7, 11) is -1.83. The Kier molecular flexibility index (Phi) is 8.10. The van der Waals surface area contributed by atoms with Crippen LogP contribution in [0.4, 0.5) is 0 Å². The van der Waals surface area contributed by atoms with E-state index in [4.69, 9.17) is 4.74 Å². The average Bonchev–Trinajstić information content (AvgIpc) is 2.86. The SMILES string of the molecule is Cc1ccc(-c2ccc3c(c2)O[C@H](CN(C)Cc2ccncc2)[C@@H](C)CN([C@H](C)CO)S3(=O)=O)cc1. The number of aryl methyl sites for hydroxylation is 1. The summed E-state index contributed by atoms with van der Waals surface area (Å²) in [6, 6.07) is 16.8. The van der Waals surface area contributed by atoms with Gasteiger partial charge in [0.25, 0.3) is 0 Å². The van der Waals surface area contributed by atoms with Gasteiger partial charge in [-0.2, -0.15) is 4.31 Å². The molecule has 4 rings (SSSR count). The second-order valence-electron chi connectivity index (χ2n) is 9.82. The lowest BCUT2D eigenvalue weighted by Gasteiger charge is -2.37. The van der Waals surface area contributed by atoms with E-state index in [-0.39, 0.29) is 30.1 Å². The number of rotatable bonds is 7. The summed E-state index contributed by atoms with van der Waals surface area (Å²) in [5.74, 6) is 0.238. The van der Waals surface area contributed by atoms with Gasteiger partial charge in [-0.05, 0) is 61.9 Å². The lowest BCUT2D eigenvalue weighted by atomic mass is 10.0. The van der Waals surface area contributed by atoms with E-state index in [1.54, 1.807) is 25.4 Å². The molecule has 0 spiro atoms. The van der Waals surface area contributed by atoms with Gasteiger partial charge in [0.2, 0.25) is 10.0 Å². The number of aliphatic hydroxyl groups excluding tert-OH is 1. The molecule has 1 aliphatic heterocycles. The Balaban J connectivity index is 1.72. The molecule has 0 fully saturated rings. The fraction of sp³-hybridized carbons (Fsp3) is 0.393. The molecule has 0 saturated carbocycles. The number of pyridine rings is 1. The fourth-order valence-corrected chi connectivity index (χ4v) is 6.37. The molecular formula is C28H35N3O4S. The zero-order valence-corrected chi connectivity index (χ0v) is 22.1. The first-order valence-electron chi connectivity index (χ1n) is 12.3. The monoisotopic (exact) mass is 509 g/mol. The predicted octanol–water partition coefficient (Wildman–Crippen LogP) is 3.96. The molecule has 2 heterocycles. The summed E-state index contributed by atoms with van der Waals surface area (Å²) in [6.07, 6.45) is 3.30. The van der Waals surface area contributed by atoms with Crippen LogP contribution in [-0.4, -0.2) is 66.6 Å². The zero-order chi connectivity index (χ0) is 25.9. The minimum Gasteiger partial charge on any atom is -0.487 e. The molecule has 0 unspecified atom stereocenters. The minimum atomic E-state index is -3.87. The van der Waals surface area contributed by atoms with Crippen LogP contribution in [0.25, 0.3) is 11.1 Å². The van der Waals surface area contributed by atoms with Crippen molar-refractivity contribution in [3.8, 4) is 16.9 Å². The van der Waals surface area contributed by atoms with Gasteiger partial charge in [0.05, 0.1) is 6.61 Å². The summed E-state index contributed by atoms with van der Waals surface area (Å²) in [4.78, 5) is 6.39. The van der Waals surface area contributed by atoms with Gasteiger partial charge in [-0.15, -0.1) is 0 Å². The first-order valence-corrected chi connectivity index (χ1v) is 13.7. The number of nitrogens with zero attached hydrogens (tertiary/aromatic N) is 3. The van der Waals surface area contributed by atoms with E-state index in [1.165, 1.54) is 4.31 Å². The molecule has 8 heteroatoms. The maximum absolute atomic E-state index is 13.7. The van der Waals surface area contributed by atoms with E-state index in [0.717, 1.165) is 28.8 Å². The van der Waals surface area contributed by atoms with Gasteiger partial charge in [0, 0.05) is 44.0 Å². The third-order valence-corrected chi connectivity index (χ3v) is 8.77. The average molecular weight is 510 g/mol. The zero-order valence-electron chi connectivity index (χ0n) is 21.3. The lowest BCUT2D eigenvalue weighted by molar-refractivity contribution is 0.0734. The molecular weight excluding hydrogens is 474 g/mol. The van der Waals surface area contributed by atoms with Gasteiger partial charge < -0.3 is 9.84 Å². The van der Waals surface area contributed by atoms with Crippen LogP contribution in [0.5, 0.6) is 5.75 Å². The number of fused-ring (bicyclic) bond motifs is 1. The maximum atomic E-state index is 13.7. The number of hydrogen-bond donors (Lipinski definition) is 1. The summed E-state index contributed by atoms with van der Waals surface area (Å²) in [6.45, 7) is 7.11. The topological polar surface area (TPSA) is 83.0 Å². The normalized spacial score (nSPS) is 20.7. The van der Waals surface area contributed by atoms with Crippen molar-refractivity contribution >= 4 is 10.0 Å². The Bertz CT molecular complexity index is 1270. The molecule has 3 atom stereocenters. The predicted molar refractivity (Wildman–Crippen MR) is 141 cm³/mol. The van der Waals surface area contributed by atoms with Crippen molar-refractivity contribution in [1.82, 2.24) is 14.2 Å². The highest BCUT2D eigenvalue weighted by molar-refractivity contribution is 7.89. The molecule has 2 aromatic carbocycles. The number of ether oxygens (including phenoxy) is 1. The van der Waals surface area contributed by atoms with Crippen LogP contribution >= 0.6 is 0 Å². The largest absolute Gasteiger partial charge is 0.487 e. The summed E-state index contributed by atoms with van der Waals surface area (Å²) in [5.41, 5.74) is 4.18. The van der Waals surface area contributed by atoms with E-state index < -0.39 is 16.1 Å². The Morgan fingerprint density at radius 2 is 1.78 bits per heavy atom. The van der Waals surface area contributed by atoms with Crippen LogP contribution in [0.3, 0.4) is 0 Å². The first-order chi connectivity index (χ1) is 17.2. The molecule has 0 bridgehead atoms. The number of likely N-dealkylation sites (N-methyl/N-ethyl adjacent to an activating group) is 1. The van der Waals surface area contributed by atoms with E-state index in [2.05, 4.69) is 9.88 Å². The molecule has 36 heavy (non-hydrogen) atoms. The van der Waals surface area contributed by atoms with Gasteiger partial charge in [-0.25, -0.2) is 8.42 Å². The summed E-state index contributed by atoms with van der Waals surface area (Å²) < 4.78 is 35.3. The summed E-state index contributed by atoms with van der Waals surface area (Å²) >= 11 is 0. The third kappa shape index (κ3) is 5.78. The minimum absolute atomic E-state index is 0.107.